The molecular formula is C10H13NO. The van der Waals surface area contributed by atoms with Crippen molar-refractivity contribution in [3.05, 3.63) is 34.9 Å². The molecule has 0 bridgehead atoms. The van der Waals surface area contributed by atoms with Crippen LogP contribution >= 0.6 is 0 Å². The summed E-state index contributed by atoms with van der Waals surface area (Å²) < 4.78 is 0. The molecule has 0 spiro atoms. The number of rotatable bonds is 1. The summed E-state index contributed by atoms with van der Waals surface area (Å²) in [7, 11) is 0. The lowest BCUT2D eigenvalue weighted by Crippen LogP contribution is -2.19. The van der Waals surface area contributed by atoms with Crippen molar-refractivity contribution in [2.45, 2.75) is 25.5 Å². The summed E-state index contributed by atoms with van der Waals surface area (Å²) in [5, 5.41) is 9.05. The molecule has 2 nitrogen and oxygen atoms in total. The maximum atomic E-state index is 9.05. The minimum absolute atomic E-state index is 0.135. The van der Waals surface area contributed by atoms with E-state index in [9.17, 15) is 0 Å². The van der Waals surface area contributed by atoms with Crippen molar-refractivity contribution in [1.29, 1.82) is 0 Å². The minimum Gasteiger partial charge on any atom is -0.392 e. The average molecular weight is 163 g/mol. The largest absolute Gasteiger partial charge is 0.392 e. The van der Waals surface area contributed by atoms with E-state index in [-0.39, 0.29) is 12.6 Å². The molecule has 0 radical (unpaired) electrons. The molecule has 0 heterocycles. The van der Waals surface area contributed by atoms with Crippen LogP contribution in [0.4, 0.5) is 0 Å². The summed E-state index contributed by atoms with van der Waals surface area (Å²) >= 11 is 0. The molecule has 1 aromatic carbocycles. The van der Waals surface area contributed by atoms with Gasteiger partial charge in [0.2, 0.25) is 0 Å². The minimum atomic E-state index is 0.135. The third-order valence-electron chi connectivity index (χ3n) is 2.49. The predicted molar refractivity (Wildman–Crippen MR) is 47.7 cm³/mol. The number of hydrogen-bond donors (Lipinski definition) is 2. The van der Waals surface area contributed by atoms with E-state index in [0.717, 1.165) is 18.4 Å². The highest BCUT2D eigenvalue weighted by molar-refractivity contribution is 5.39. The molecule has 1 aliphatic carbocycles. The van der Waals surface area contributed by atoms with Crippen LogP contribution in [-0.2, 0) is 19.4 Å². The van der Waals surface area contributed by atoms with Crippen LogP contribution in [0.2, 0.25) is 0 Å². The van der Waals surface area contributed by atoms with Gasteiger partial charge >= 0.3 is 0 Å². The van der Waals surface area contributed by atoms with Crippen LogP contribution in [0.3, 0.4) is 0 Å². The zero-order valence-corrected chi connectivity index (χ0v) is 6.96. The number of nitrogens with two attached hydrogens (primary N) is 1. The van der Waals surface area contributed by atoms with Crippen molar-refractivity contribution in [3.63, 3.8) is 0 Å². The first-order chi connectivity index (χ1) is 5.81. The standard InChI is InChI=1S/C10H13NO/c11-9-4-7-2-1-3-8(6-12)10(7)5-9/h1-3,9,12H,4-6,11H2. The van der Waals surface area contributed by atoms with Gasteiger partial charge in [0, 0.05) is 6.04 Å². The first kappa shape index (κ1) is 7.77. The first-order valence-electron chi connectivity index (χ1n) is 4.27. The molecular weight excluding hydrogens is 150 g/mol. The highest BCUT2D eigenvalue weighted by Crippen LogP contribution is 2.24. The van der Waals surface area contributed by atoms with E-state index in [1.807, 2.05) is 12.1 Å². The van der Waals surface area contributed by atoms with Crippen LogP contribution < -0.4 is 5.73 Å². The summed E-state index contributed by atoms with van der Waals surface area (Å²) in [5.41, 5.74) is 9.45. The van der Waals surface area contributed by atoms with Gasteiger partial charge < -0.3 is 10.8 Å². The second-order valence-electron chi connectivity index (χ2n) is 3.38. The number of benzene rings is 1. The van der Waals surface area contributed by atoms with Gasteiger partial charge in [0.15, 0.2) is 0 Å². The molecule has 0 amide bonds. The Morgan fingerprint density at radius 3 is 3.00 bits per heavy atom. The van der Waals surface area contributed by atoms with Gasteiger partial charge in [-0.25, -0.2) is 0 Å². The number of aliphatic hydroxyl groups excluding tert-OH is 1. The molecule has 1 unspecified atom stereocenters. The molecule has 1 aliphatic rings. The molecule has 0 saturated heterocycles. The fourth-order valence-corrected chi connectivity index (χ4v) is 1.91. The van der Waals surface area contributed by atoms with E-state index in [0.29, 0.717) is 0 Å². The Labute approximate surface area is 72.0 Å². The van der Waals surface area contributed by atoms with Gasteiger partial charge in [0.1, 0.15) is 0 Å². The monoisotopic (exact) mass is 163 g/mol. The molecule has 1 aromatic rings. The van der Waals surface area contributed by atoms with Crippen molar-refractivity contribution >= 4 is 0 Å². The van der Waals surface area contributed by atoms with Crippen LogP contribution in [0, 0.1) is 0 Å². The first-order valence-corrected chi connectivity index (χ1v) is 4.27. The molecule has 2 rings (SSSR count). The van der Waals surface area contributed by atoms with Gasteiger partial charge in [0.05, 0.1) is 6.61 Å². The molecule has 0 fully saturated rings. The SMILES string of the molecule is NC1Cc2cccc(CO)c2C1. The maximum absolute atomic E-state index is 9.05. The summed E-state index contributed by atoms with van der Waals surface area (Å²) in [6.45, 7) is 0.135. The van der Waals surface area contributed by atoms with Crippen LogP contribution in [-0.4, -0.2) is 11.1 Å². The molecule has 1 atom stereocenters. The fourth-order valence-electron chi connectivity index (χ4n) is 1.91. The second kappa shape index (κ2) is 2.88. The topological polar surface area (TPSA) is 46.2 Å². The molecule has 64 valence electrons. The Morgan fingerprint density at radius 2 is 2.25 bits per heavy atom. The number of fused-ring (bicyclic) bond motifs is 1. The van der Waals surface area contributed by atoms with Crippen molar-refractivity contribution in [1.82, 2.24) is 0 Å². The van der Waals surface area contributed by atoms with Gasteiger partial charge in [-0.2, -0.15) is 0 Å². The van der Waals surface area contributed by atoms with Gasteiger partial charge in [-0.15, -0.1) is 0 Å². The van der Waals surface area contributed by atoms with Crippen molar-refractivity contribution in [2.75, 3.05) is 0 Å². The summed E-state index contributed by atoms with van der Waals surface area (Å²) in [4.78, 5) is 0. The fraction of sp³-hybridized carbons (Fsp3) is 0.400. The Kier molecular flexibility index (Phi) is 1.87. The van der Waals surface area contributed by atoms with Gasteiger partial charge in [-0.05, 0) is 29.5 Å². The summed E-state index contributed by atoms with van der Waals surface area (Å²) in [6, 6.07) is 6.31. The number of hydrogen-bond acceptors (Lipinski definition) is 2. The van der Waals surface area contributed by atoms with Crippen molar-refractivity contribution < 1.29 is 5.11 Å². The van der Waals surface area contributed by atoms with E-state index in [1.54, 1.807) is 0 Å². The van der Waals surface area contributed by atoms with Crippen LogP contribution in [0.1, 0.15) is 16.7 Å². The second-order valence-corrected chi connectivity index (χ2v) is 3.38. The Bertz CT molecular complexity index is 296. The number of aliphatic hydroxyl groups is 1. The van der Waals surface area contributed by atoms with Crippen molar-refractivity contribution in [3.8, 4) is 0 Å². The van der Waals surface area contributed by atoms with E-state index in [1.165, 1.54) is 11.1 Å². The molecule has 2 heteroatoms. The molecule has 0 saturated carbocycles. The van der Waals surface area contributed by atoms with Crippen LogP contribution in [0.5, 0.6) is 0 Å². The van der Waals surface area contributed by atoms with Crippen molar-refractivity contribution in [2.24, 2.45) is 5.73 Å². The lowest BCUT2D eigenvalue weighted by atomic mass is 10.0. The summed E-state index contributed by atoms with van der Waals surface area (Å²) in [5.74, 6) is 0. The third kappa shape index (κ3) is 1.13. The normalized spacial score (nSPS) is 21.0. The highest BCUT2D eigenvalue weighted by Gasteiger charge is 2.19. The smallest absolute Gasteiger partial charge is 0.0684 e. The van der Waals surface area contributed by atoms with Gasteiger partial charge in [-0.1, -0.05) is 18.2 Å². The quantitative estimate of drug-likeness (QED) is 0.637. The van der Waals surface area contributed by atoms with E-state index in [4.69, 9.17) is 10.8 Å². The Hall–Kier alpha value is -0.860. The zero-order chi connectivity index (χ0) is 8.55. The summed E-state index contributed by atoms with van der Waals surface area (Å²) in [6.07, 6.45) is 1.88. The van der Waals surface area contributed by atoms with E-state index >= 15 is 0 Å². The molecule has 0 aliphatic heterocycles. The Morgan fingerprint density at radius 1 is 1.42 bits per heavy atom. The zero-order valence-electron chi connectivity index (χ0n) is 6.96. The molecule has 3 N–H and O–H groups in total. The third-order valence-corrected chi connectivity index (χ3v) is 2.49. The predicted octanol–water partition coefficient (Wildman–Crippen LogP) is 0.605. The lowest BCUT2D eigenvalue weighted by Gasteiger charge is -2.03. The van der Waals surface area contributed by atoms with Gasteiger partial charge in [0.25, 0.3) is 0 Å². The van der Waals surface area contributed by atoms with Gasteiger partial charge in [-0.3, -0.25) is 0 Å². The van der Waals surface area contributed by atoms with Crippen LogP contribution in [0.15, 0.2) is 18.2 Å². The van der Waals surface area contributed by atoms with E-state index < -0.39 is 0 Å². The lowest BCUT2D eigenvalue weighted by molar-refractivity contribution is 0.280. The average Bonchev–Trinajstić information content (AvgIpc) is 2.44. The molecule has 12 heavy (non-hydrogen) atoms. The van der Waals surface area contributed by atoms with E-state index in [2.05, 4.69) is 6.07 Å². The highest BCUT2D eigenvalue weighted by atomic mass is 16.3. The van der Waals surface area contributed by atoms with Crippen LogP contribution in [0.25, 0.3) is 0 Å². The molecule has 0 aromatic heterocycles. The Balaban J connectivity index is 2.44. The maximum Gasteiger partial charge on any atom is 0.0684 e.